The third-order valence-corrected chi connectivity index (χ3v) is 12.8. The van der Waals surface area contributed by atoms with Crippen LogP contribution in [0.25, 0.3) is 22.2 Å². The van der Waals surface area contributed by atoms with Crippen LogP contribution >= 0.6 is 0 Å². The predicted octanol–water partition coefficient (Wildman–Crippen LogP) is 6.00. The molecular formula is C45H50FN9O5. The maximum absolute atomic E-state index is 16.3. The summed E-state index contributed by atoms with van der Waals surface area (Å²) in [5.41, 5.74) is 11.1. The molecule has 60 heavy (non-hydrogen) atoms. The first-order chi connectivity index (χ1) is 29.0. The fourth-order valence-corrected chi connectivity index (χ4v) is 9.36. The van der Waals surface area contributed by atoms with Crippen LogP contribution < -0.4 is 20.9 Å². The van der Waals surface area contributed by atoms with Gasteiger partial charge < -0.3 is 34.8 Å². The van der Waals surface area contributed by atoms with E-state index in [0.717, 1.165) is 53.6 Å². The van der Waals surface area contributed by atoms with E-state index in [1.54, 1.807) is 28.0 Å². The number of hydrogen-bond acceptors (Lipinski definition) is 10. The second kappa shape index (κ2) is 16.2. The van der Waals surface area contributed by atoms with Gasteiger partial charge in [-0.05, 0) is 79.4 Å². The van der Waals surface area contributed by atoms with E-state index < -0.39 is 5.67 Å². The van der Waals surface area contributed by atoms with Crippen molar-refractivity contribution in [1.82, 2.24) is 29.9 Å². The lowest BCUT2D eigenvalue weighted by Crippen LogP contribution is -2.51. The van der Waals surface area contributed by atoms with Gasteiger partial charge in [0.05, 0.1) is 18.0 Å². The lowest BCUT2D eigenvalue weighted by molar-refractivity contribution is -0.120. The number of phenolic OH excluding ortho intramolecular Hbond substituents is 1. The number of aryl methyl sites for hydroxylation is 1. The molecule has 5 aromatic rings. The zero-order valence-electron chi connectivity index (χ0n) is 33.7. The minimum Gasteiger partial charge on any atom is -0.507 e. The fraction of sp³-hybridized carbons (Fsp3) is 0.400. The SMILES string of the molecule is Cc1c(N2CCC(=O)NC2=O)ccc2c1ccn2C1CCN(CC2(F)CCN(C(=O)c3ccc([C@@H]4CN(c5cc(-c6ccccc6O)nnc5N)CCO4)cc3)CC2)CC1. The van der Waals surface area contributed by atoms with Crippen LogP contribution in [0, 0.1) is 6.92 Å². The Morgan fingerprint density at radius 1 is 0.950 bits per heavy atom. The molecule has 1 atom stereocenters. The number of carbonyl (C=O) groups is 3. The normalized spacial score (nSPS) is 20.4. The fourth-order valence-electron chi connectivity index (χ4n) is 9.36. The van der Waals surface area contributed by atoms with E-state index in [-0.39, 0.29) is 42.2 Å². The monoisotopic (exact) mass is 815 g/mol. The van der Waals surface area contributed by atoms with Crippen LogP contribution in [0.5, 0.6) is 5.75 Å². The first-order valence-corrected chi connectivity index (χ1v) is 20.8. The van der Waals surface area contributed by atoms with Crippen molar-refractivity contribution >= 4 is 45.9 Å². The number of fused-ring (bicyclic) bond motifs is 1. The van der Waals surface area contributed by atoms with Gasteiger partial charge in [-0.25, -0.2) is 9.18 Å². The molecule has 4 aliphatic rings. The Hall–Kier alpha value is -6.06. The highest BCUT2D eigenvalue weighted by atomic mass is 19.1. The summed E-state index contributed by atoms with van der Waals surface area (Å²) >= 11 is 0. The van der Waals surface area contributed by atoms with Crippen molar-refractivity contribution in [3.63, 3.8) is 0 Å². The Bertz CT molecular complexity index is 2420. The van der Waals surface area contributed by atoms with Crippen LogP contribution in [0.15, 0.2) is 79.0 Å². The van der Waals surface area contributed by atoms with Gasteiger partial charge in [0.15, 0.2) is 5.82 Å². The average Bonchev–Trinajstić information content (AvgIpc) is 3.70. The molecule has 4 N–H and O–H groups in total. The number of alkyl halides is 1. The minimum atomic E-state index is -1.35. The molecule has 4 amide bonds. The third kappa shape index (κ3) is 7.74. The van der Waals surface area contributed by atoms with Crippen LogP contribution in [0.1, 0.15) is 65.7 Å². The number of para-hydroxylation sites is 1. The minimum absolute atomic E-state index is 0.0986. The summed E-state index contributed by atoms with van der Waals surface area (Å²) < 4.78 is 24.8. The number of aromatic nitrogens is 3. The Kier molecular flexibility index (Phi) is 10.6. The van der Waals surface area contributed by atoms with Crippen LogP contribution in [0.3, 0.4) is 0 Å². The quantitative estimate of drug-likeness (QED) is 0.169. The number of hydrogen-bond donors (Lipinski definition) is 3. The number of rotatable bonds is 8. The van der Waals surface area contributed by atoms with Crippen molar-refractivity contribution in [3.05, 3.63) is 95.7 Å². The van der Waals surface area contributed by atoms with Gasteiger partial charge in [-0.3, -0.25) is 19.8 Å². The van der Waals surface area contributed by atoms with Crippen LogP contribution in [-0.2, 0) is 9.53 Å². The largest absolute Gasteiger partial charge is 0.507 e. The van der Waals surface area contributed by atoms with E-state index in [1.807, 2.05) is 49.4 Å². The number of benzene rings is 3. The molecule has 6 heterocycles. The number of ether oxygens (including phenoxy) is 1. The van der Waals surface area contributed by atoms with E-state index in [0.29, 0.717) is 87.0 Å². The summed E-state index contributed by atoms with van der Waals surface area (Å²) in [4.78, 5) is 45.5. The molecule has 14 nitrogen and oxygen atoms in total. The van der Waals surface area contributed by atoms with Crippen molar-refractivity contribution in [2.75, 3.05) is 74.5 Å². The first kappa shape index (κ1) is 39.4. The van der Waals surface area contributed by atoms with E-state index in [1.165, 1.54) is 0 Å². The topological polar surface area (TPSA) is 162 Å². The summed E-state index contributed by atoms with van der Waals surface area (Å²) in [7, 11) is 0. The lowest BCUT2D eigenvalue weighted by atomic mass is 9.91. The number of imide groups is 1. The van der Waals surface area contributed by atoms with Crippen molar-refractivity contribution < 1.29 is 28.6 Å². The van der Waals surface area contributed by atoms with Gasteiger partial charge in [-0.15, -0.1) is 10.2 Å². The molecule has 3 aromatic carbocycles. The highest BCUT2D eigenvalue weighted by molar-refractivity contribution is 6.07. The highest BCUT2D eigenvalue weighted by Gasteiger charge is 2.39. The highest BCUT2D eigenvalue weighted by Crippen LogP contribution is 2.37. The maximum atomic E-state index is 16.3. The van der Waals surface area contributed by atoms with Gasteiger partial charge in [-0.1, -0.05) is 24.3 Å². The molecule has 0 aliphatic carbocycles. The summed E-state index contributed by atoms with van der Waals surface area (Å²) in [5.74, 6) is 0.0567. The van der Waals surface area contributed by atoms with Crippen LogP contribution in [-0.4, -0.2) is 112 Å². The number of halogens is 1. The van der Waals surface area contributed by atoms with Gasteiger partial charge in [0.25, 0.3) is 5.91 Å². The average molecular weight is 816 g/mol. The molecule has 9 rings (SSSR count). The number of piperidine rings is 2. The van der Waals surface area contributed by atoms with Crippen LogP contribution in [0.4, 0.5) is 26.4 Å². The molecule has 0 unspecified atom stereocenters. The number of nitrogens with two attached hydrogens (primary N) is 1. The Balaban J connectivity index is 0.767. The van der Waals surface area contributed by atoms with Crippen molar-refractivity contribution in [3.8, 4) is 17.0 Å². The van der Waals surface area contributed by atoms with E-state index in [4.69, 9.17) is 10.5 Å². The van der Waals surface area contributed by atoms with Crippen molar-refractivity contribution in [2.24, 2.45) is 0 Å². The van der Waals surface area contributed by atoms with Gasteiger partial charge in [0.2, 0.25) is 5.91 Å². The number of amides is 4. The molecule has 0 spiro atoms. The molecule has 0 saturated carbocycles. The second-order valence-corrected chi connectivity index (χ2v) is 16.5. The second-order valence-electron chi connectivity index (χ2n) is 16.5. The van der Waals surface area contributed by atoms with E-state index in [9.17, 15) is 19.5 Å². The Labute approximate surface area is 347 Å². The number of nitrogens with zero attached hydrogens (tertiary/aromatic N) is 7. The zero-order valence-corrected chi connectivity index (χ0v) is 33.7. The molecule has 15 heteroatoms. The molecule has 4 aliphatic heterocycles. The number of phenols is 1. The van der Waals surface area contributed by atoms with Crippen molar-refractivity contribution in [2.45, 2.75) is 56.8 Å². The molecule has 2 aromatic heterocycles. The number of aromatic hydroxyl groups is 1. The van der Waals surface area contributed by atoms with E-state index in [2.05, 4.69) is 48.2 Å². The number of morpholine rings is 1. The molecule has 4 fully saturated rings. The molecule has 4 saturated heterocycles. The number of nitrogen functional groups attached to an aromatic ring is 1. The van der Waals surface area contributed by atoms with Gasteiger partial charge in [0.1, 0.15) is 17.5 Å². The number of anilines is 3. The van der Waals surface area contributed by atoms with Gasteiger partial charge in [-0.2, -0.15) is 0 Å². The van der Waals surface area contributed by atoms with E-state index >= 15 is 4.39 Å². The third-order valence-electron chi connectivity index (χ3n) is 12.8. The summed E-state index contributed by atoms with van der Waals surface area (Å²) in [6.45, 7) is 6.64. The maximum Gasteiger partial charge on any atom is 0.328 e. The smallest absolute Gasteiger partial charge is 0.328 e. The summed E-state index contributed by atoms with van der Waals surface area (Å²) in [5, 5.41) is 22.2. The molecule has 0 radical (unpaired) electrons. The molecular weight excluding hydrogens is 766 g/mol. The number of nitrogens with one attached hydrogen (secondary N) is 1. The standard InChI is InChI=1S/C45H50FN9O5/c1-29-33-14-20-54(37(33)11-10-36(29)55-21-15-41(57)48-44(55)59)32-12-18-51(19-13-32)28-45(46)16-22-52(23-17-45)43(58)31-8-6-30(7-9-31)40-27-53(24-25-60-40)38-26-35(49-50-42(38)47)34-4-2-3-5-39(34)56/h2-11,14,20,26,32,40,56H,12-13,15-19,21-25,27-28H2,1H3,(H2,47,50)(H,48,57,59)/t40-/m0/s1. The zero-order chi connectivity index (χ0) is 41.5. The summed E-state index contributed by atoms with van der Waals surface area (Å²) in [6.07, 6.45) is 4.53. The van der Waals surface area contributed by atoms with Gasteiger partial charge >= 0.3 is 6.03 Å². The lowest BCUT2D eigenvalue weighted by Gasteiger charge is -2.41. The Morgan fingerprint density at radius 3 is 2.47 bits per heavy atom. The first-order valence-electron chi connectivity index (χ1n) is 20.8. The van der Waals surface area contributed by atoms with Crippen molar-refractivity contribution in [1.29, 1.82) is 0 Å². The van der Waals surface area contributed by atoms with Gasteiger partial charge in [0, 0.05) is 112 Å². The predicted molar refractivity (Wildman–Crippen MR) is 227 cm³/mol. The number of urea groups is 1. The molecule has 0 bridgehead atoms. The number of carbonyl (C=O) groups excluding carboxylic acids is 3. The Morgan fingerprint density at radius 2 is 1.72 bits per heavy atom. The van der Waals surface area contributed by atoms with Crippen LogP contribution in [0.2, 0.25) is 0 Å². The number of likely N-dealkylation sites (tertiary alicyclic amines) is 2. The summed E-state index contributed by atoms with van der Waals surface area (Å²) in [6, 6.07) is 22.3. The molecule has 312 valence electrons.